The molecule has 0 saturated carbocycles. The normalized spacial score (nSPS) is 16.6. The minimum atomic E-state index is 0.110. The largest absolute Gasteiger partial charge is 0.378 e. The van der Waals surface area contributed by atoms with E-state index in [0.717, 1.165) is 43.7 Å². The first kappa shape index (κ1) is 14.0. The first-order valence-corrected chi connectivity index (χ1v) is 6.94. The van der Waals surface area contributed by atoms with Crippen LogP contribution in [0.4, 0.5) is 0 Å². The summed E-state index contributed by atoms with van der Waals surface area (Å²) in [6.45, 7) is 4.83. The van der Waals surface area contributed by atoms with Crippen LogP contribution in [0.2, 0.25) is 0 Å². The Labute approximate surface area is 114 Å². The van der Waals surface area contributed by atoms with Crippen LogP contribution in [0.15, 0.2) is 24.3 Å². The maximum absolute atomic E-state index is 12.3. The molecule has 2 rings (SSSR count). The van der Waals surface area contributed by atoms with E-state index in [1.54, 1.807) is 0 Å². The number of amides is 1. The number of carbonyl (C=O) groups is 1. The lowest BCUT2D eigenvalue weighted by atomic mass is 10.1. The second-order valence-electron chi connectivity index (χ2n) is 4.85. The summed E-state index contributed by atoms with van der Waals surface area (Å²) in [5.41, 5.74) is 7.34. The molecule has 0 unspecified atom stereocenters. The first-order valence-electron chi connectivity index (χ1n) is 6.94. The highest BCUT2D eigenvalue weighted by Gasteiger charge is 2.23. The average molecular weight is 262 g/mol. The Balaban J connectivity index is 1.93. The second-order valence-corrected chi connectivity index (χ2v) is 4.85. The number of rotatable bonds is 4. The van der Waals surface area contributed by atoms with Crippen molar-refractivity contribution in [2.45, 2.75) is 32.4 Å². The third kappa shape index (κ3) is 3.55. The Morgan fingerprint density at radius 1 is 1.32 bits per heavy atom. The molecular formula is C15H22N2O2. The van der Waals surface area contributed by atoms with Gasteiger partial charge in [-0.15, -0.1) is 0 Å². The number of ether oxygens (including phenoxy) is 1. The maximum atomic E-state index is 12.3. The smallest absolute Gasteiger partial charge is 0.253 e. The Morgan fingerprint density at radius 3 is 2.47 bits per heavy atom. The average Bonchev–Trinajstić information content (AvgIpc) is 2.48. The van der Waals surface area contributed by atoms with E-state index >= 15 is 0 Å². The zero-order valence-electron chi connectivity index (χ0n) is 11.5. The third-order valence-electron chi connectivity index (χ3n) is 3.57. The third-order valence-corrected chi connectivity index (χ3v) is 3.57. The van der Waals surface area contributed by atoms with E-state index in [4.69, 9.17) is 10.5 Å². The topological polar surface area (TPSA) is 55.6 Å². The van der Waals surface area contributed by atoms with Gasteiger partial charge in [0.15, 0.2) is 0 Å². The summed E-state index contributed by atoms with van der Waals surface area (Å²) in [7, 11) is 0. The van der Waals surface area contributed by atoms with Crippen molar-refractivity contribution in [1.29, 1.82) is 0 Å². The molecule has 19 heavy (non-hydrogen) atoms. The molecule has 0 atom stereocenters. The van der Waals surface area contributed by atoms with Crippen molar-refractivity contribution >= 4 is 5.91 Å². The fraction of sp³-hybridized carbons (Fsp3) is 0.533. The van der Waals surface area contributed by atoms with Crippen LogP contribution in [0.5, 0.6) is 0 Å². The van der Waals surface area contributed by atoms with Gasteiger partial charge in [-0.05, 0) is 37.5 Å². The molecule has 1 saturated heterocycles. The van der Waals surface area contributed by atoms with Crippen LogP contribution < -0.4 is 5.73 Å². The summed E-state index contributed by atoms with van der Waals surface area (Å²) < 4.78 is 5.59. The van der Waals surface area contributed by atoms with Gasteiger partial charge in [0, 0.05) is 31.8 Å². The van der Waals surface area contributed by atoms with Gasteiger partial charge in [0.2, 0.25) is 0 Å². The molecule has 1 aromatic carbocycles. The van der Waals surface area contributed by atoms with Crippen molar-refractivity contribution in [2.24, 2.45) is 5.73 Å². The SMILES string of the molecule is CCOC1CCN(C(=O)c2ccc(CN)cc2)CC1. The molecule has 0 aliphatic carbocycles. The molecule has 0 aromatic heterocycles. The Bertz CT molecular complexity index is 409. The molecule has 1 fully saturated rings. The van der Waals surface area contributed by atoms with Gasteiger partial charge in [-0.1, -0.05) is 12.1 Å². The summed E-state index contributed by atoms with van der Waals surface area (Å²) in [5.74, 6) is 0.110. The summed E-state index contributed by atoms with van der Waals surface area (Å²) in [6.07, 6.45) is 2.18. The van der Waals surface area contributed by atoms with Crippen molar-refractivity contribution in [3.8, 4) is 0 Å². The number of hydrogen-bond acceptors (Lipinski definition) is 3. The van der Waals surface area contributed by atoms with Crippen molar-refractivity contribution in [2.75, 3.05) is 19.7 Å². The van der Waals surface area contributed by atoms with Crippen LogP contribution in [-0.4, -0.2) is 36.6 Å². The summed E-state index contributed by atoms with van der Waals surface area (Å²) >= 11 is 0. The Hall–Kier alpha value is -1.39. The molecule has 4 heteroatoms. The lowest BCUT2D eigenvalue weighted by molar-refractivity contribution is 0.0146. The van der Waals surface area contributed by atoms with Crippen LogP contribution in [0.1, 0.15) is 35.7 Å². The van der Waals surface area contributed by atoms with E-state index < -0.39 is 0 Å². The van der Waals surface area contributed by atoms with Gasteiger partial charge in [-0.25, -0.2) is 0 Å². The predicted molar refractivity (Wildman–Crippen MR) is 74.9 cm³/mol. The first-order chi connectivity index (χ1) is 9.24. The second kappa shape index (κ2) is 6.68. The zero-order valence-corrected chi connectivity index (χ0v) is 11.5. The van der Waals surface area contributed by atoms with E-state index in [2.05, 4.69) is 0 Å². The molecule has 1 heterocycles. The van der Waals surface area contributed by atoms with Gasteiger partial charge < -0.3 is 15.4 Å². The van der Waals surface area contributed by atoms with Gasteiger partial charge >= 0.3 is 0 Å². The molecule has 1 amide bonds. The molecule has 0 radical (unpaired) electrons. The number of hydrogen-bond donors (Lipinski definition) is 1. The maximum Gasteiger partial charge on any atom is 0.253 e. The molecule has 104 valence electrons. The molecule has 1 aliphatic rings. The highest BCUT2D eigenvalue weighted by Crippen LogP contribution is 2.16. The molecule has 0 spiro atoms. The zero-order chi connectivity index (χ0) is 13.7. The quantitative estimate of drug-likeness (QED) is 0.900. The molecule has 1 aromatic rings. The fourth-order valence-corrected chi connectivity index (χ4v) is 2.43. The highest BCUT2D eigenvalue weighted by atomic mass is 16.5. The number of benzene rings is 1. The van der Waals surface area contributed by atoms with Gasteiger partial charge in [-0.3, -0.25) is 4.79 Å². The van der Waals surface area contributed by atoms with E-state index in [1.165, 1.54) is 0 Å². The number of nitrogens with zero attached hydrogens (tertiary/aromatic N) is 1. The van der Waals surface area contributed by atoms with Gasteiger partial charge in [0.05, 0.1) is 6.10 Å². The van der Waals surface area contributed by atoms with Crippen LogP contribution in [0.3, 0.4) is 0 Å². The lowest BCUT2D eigenvalue weighted by Gasteiger charge is -2.31. The van der Waals surface area contributed by atoms with E-state index in [-0.39, 0.29) is 5.91 Å². The van der Waals surface area contributed by atoms with Crippen LogP contribution in [-0.2, 0) is 11.3 Å². The van der Waals surface area contributed by atoms with Crippen molar-refractivity contribution in [3.05, 3.63) is 35.4 Å². The molecule has 2 N–H and O–H groups in total. The van der Waals surface area contributed by atoms with E-state index in [0.29, 0.717) is 12.6 Å². The molecule has 0 bridgehead atoms. The van der Waals surface area contributed by atoms with Crippen LogP contribution >= 0.6 is 0 Å². The summed E-state index contributed by atoms with van der Waals surface area (Å²) in [5, 5.41) is 0. The standard InChI is InChI=1S/C15H22N2O2/c1-2-19-14-7-9-17(10-8-14)15(18)13-5-3-12(11-16)4-6-13/h3-6,14H,2,7-11,16H2,1H3. The summed E-state index contributed by atoms with van der Waals surface area (Å²) in [4.78, 5) is 14.2. The Kier molecular flexibility index (Phi) is 4.93. The van der Waals surface area contributed by atoms with E-state index in [1.807, 2.05) is 36.1 Å². The fourth-order valence-electron chi connectivity index (χ4n) is 2.43. The van der Waals surface area contributed by atoms with Gasteiger partial charge in [0.25, 0.3) is 5.91 Å². The number of likely N-dealkylation sites (tertiary alicyclic amines) is 1. The van der Waals surface area contributed by atoms with Crippen molar-refractivity contribution < 1.29 is 9.53 Å². The van der Waals surface area contributed by atoms with Gasteiger partial charge in [-0.2, -0.15) is 0 Å². The molecule has 1 aliphatic heterocycles. The monoisotopic (exact) mass is 262 g/mol. The number of carbonyl (C=O) groups excluding carboxylic acids is 1. The van der Waals surface area contributed by atoms with E-state index in [9.17, 15) is 4.79 Å². The lowest BCUT2D eigenvalue weighted by Crippen LogP contribution is -2.40. The summed E-state index contributed by atoms with van der Waals surface area (Å²) in [6, 6.07) is 7.55. The number of nitrogens with two attached hydrogens (primary N) is 1. The van der Waals surface area contributed by atoms with Crippen LogP contribution in [0, 0.1) is 0 Å². The molecule has 4 nitrogen and oxygen atoms in total. The van der Waals surface area contributed by atoms with Gasteiger partial charge in [0.1, 0.15) is 0 Å². The Morgan fingerprint density at radius 2 is 1.95 bits per heavy atom. The number of piperidine rings is 1. The highest BCUT2D eigenvalue weighted by molar-refractivity contribution is 5.94. The van der Waals surface area contributed by atoms with Crippen LogP contribution in [0.25, 0.3) is 0 Å². The van der Waals surface area contributed by atoms with Crippen molar-refractivity contribution in [3.63, 3.8) is 0 Å². The minimum Gasteiger partial charge on any atom is -0.378 e. The molecular weight excluding hydrogens is 240 g/mol. The van der Waals surface area contributed by atoms with Crippen molar-refractivity contribution in [1.82, 2.24) is 4.90 Å². The minimum absolute atomic E-state index is 0.110. The predicted octanol–water partition coefficient (Wildman–Crippen LogP) is 1.79.